The van der Waals surface area contributed by atoms with Crippen LogP contribution in [-0.2, 0) is 19.5 Å². The van der Waals surface area contributed by atoms with Crippen molar-refractivity contribution in [2.75, 3.05) is 13.1 Å². The second-order valence-corrected chi connectivity index (χ2v) is 3.70. The number of aromatic nitrogens is 1. The first-order valence-electron chi connectivity index (χ1n) is 5.24. The molecule has 2 rings (SSSR count). The average Bonchev–Trinajstić information content (AvgIpc) is 2.59. The molecule has 0 N–H and O–H groups in total. The molecule has 1 aromatic rings. The summed E-state index contributed by atoms with van der Waals surface area (Å²) in [5.74, 6) is 0. The Labute approximate surface area is 80.2 Å². The van der Waals surface area contributed by atoms with Crippen molar-refractivity contribution < 1.29 is 0 Å². The third-order valence-electron chi connectivity index (χ3n) is 3.03. The molecule has 2 heterocycles. The van der Waals surface area contributed by atoms with E-state index < -0.39 is 0 Å². The summed E-state index contributed by atoms with van der Waals surface area (Å²) in [4.78, 5) is 2.51. The average molecular weight is 178 g/mol. The molecule has 0 radical (unpaired) electrons. The second kappa shape index (κ2) is 3.54. The van der Waals surface area contributed by atoms with Crippen LogP contribution >= 0.6 is 0 Å². The van der Waals surface area contributed by atoms with Gasteiger partial charge in [-0.1, -0.05) is 13.8 Å². The number of likely N-dealkylation sites (N-methyl/N-ethyl adjacent to an activating group) is 1. The normalized spacial score (nSPS) is 17.4. The van der Waals surface area contributed by atoms with Gasteiger partial charge < -0.3 is 4.57 Å². The highest BCUT2D eigenvalue weighted by Crippen LogP contribution is 2.18. The van der Waals surface area contributed by atoms with Crippen molar-refractivity contribution in [2.24, 2.45) is 0 Å². The smallest absolute Gasteiger partial charge is 0.0390 e. The third kappa shape index (κ3) is 1.51. The van der Waals surface area contributed by atoms with Crippen LogP contribution in [0.1, 0.15) is 25.1 Å². The topological polar surface area (TPSA) is 8.17 Å². The molecule has 0 amide bonds. The predicted octanol–water partition coefficient (Wildman–Crippen LogP) is 1.89. The predicted molar refractivity (Wildman–Crippen MR) is 54.8 cm³/mol. The van der Waals surface area contributed by atoms with E-state index in [-0.39, 0.29) is 0 Å². The van der Waals surface area contributed by atoms with Gasteiger partial charge in [0, 0.05) is 31.5 Å². The van der Waals surface area contributed by atoms with Crippen LogP contribution in [0.15, 0.2) is 12.3 Å². The Balaban J connectivity index is 2.25. The highest BCUT2D eigenvalue weighted by Gasteiger charge is 2.16. The van der Waals surface area contributed by atoms with E-state index in [0.29, 0.717) is 0 Å². The van der Waals surface area contributed by atoms with Gasteiger partial charge in [0.15, 0.2) is 0 Å². The van der Waals surface area contributed by atoms with Crippen molar-refractivity contribution in [2.45, 2.75) is 33.4 Å². The fraction of sp³-hybridized carbons (Fsp3) is 0.636. The summed E-state index contributed by atoms with van der Waals surface area (Å²) in [6.07, 6.45) is 3.40. The molecule has 0 atom stereocenters. The summed E-state index contributed by atoms with van der Waals surface area (Å²) >= 11 is 0. The van der Waals surface area contributed by atoms with Gasteiger partial charge in [-0.25, -0.2) is 0 Å². The summed E-state index contributed by atoms with van der Waals surface area (Å²) in [5, 5.41) is 0. The van der Waals surface area contributed by atoms with Crippen LogP contribution in [0.25, 0.3) is 0 Å². The molecule has 2 nitrogen and oxygen atoms in total. The molecule has 13 heavy (non-hydrogen) atoms. The van der Waals surface area contributed by atoms with Gasteiger partial charge in [-0.2, -0.15) is 0 Å². The monoisotopic (exact) mass is 178 g/mol. The summed E-state index contributed by atoms with van der Waals surface area (Å²) in [6, 6.07) is 2.27. The van der Waals surface area contributed by atoms with Crippen molar-refractivity contribution in [3.8, 4) is 0 Å². The first-order valence-corrected chi connectivity index (χ1v) is 5.24. The van der Waals surface area contributed by atoms with Crippen LogP contribution in [0.3, 0.4) is 0 Å². The van der Waals surface area contributed by atoms with Crippen LogP contribution < -0.4 is 0 Å². The van der Waals surface area contributed by atoms with Crippen molar-refractivity contribution in [1.29, 1.82) is 0 Å². The largest absolute Gasteiger partial charge is 0.349 e. The Morgan fingerprint density at radius 3 is 2.85 bits per heavy atom. The molecule has 2 heteroatoms. The maximum absolute atomic E-state index is 2.51. The molecule has 0 bridgehead atoms. The van der Waals surface area contributed by atoms with Crippen LogP contribution in [0.2, 0.25) is 0 Å². The number of aryl methyl sites for hydroxylation is 1. The Hall–Kier alpha value is -0.760. The molecular weight excluding hydrogens is 160 g/mol. The molecule has 1 aromatic heterocycles. The Bertz CT molecular complexity index is 275. The summed E-state index contributed by atoms with van der Waals surface area (Å²) in [5.41, 5.74) is 3.06. The number of nitrogens with zero attached hydrogens (tertiary/aromatic N) is 2. The first-order chi connectivity index (χ1) is 6.35. The third-order valence-corrected chi connectivity index (χ3v) is 3.03. The molecule has 0 saturated carbocycles. The minimum atomic E-state index is 1.15. The molecule has 1 aliphatic heterocycles. The zero-order valence-corrected chi connectivity index (χ0v) is 8.58. The van der Waals surface area contributed by atoms with E-state index in [0.717, 1.165) is 6.54 Å². The van der Waals surface area contributed by atoms with Gasteiger partial charge in [-0.3, -0.25) is 4.90 Å². The van der Waals surface area contributed by atoms with Crippen molar-refractivity contribution in [3.05, 3.63) is 23.5 Å². The highest BCUT2D eigenvalue weighted by atomic mass is 15.2. The molecule has 0 aromatic carbocycles. The van der Waals surface area contributed by atoms with Gasteiger partial charge in [0.25, 0.3) is 0 Å². The number of hydrogen-bond donors (Lipinski definition) is 0. The minimum absolute atomic E-state index is 1.15. The van der Waals surface area contributed by atoms with Gasteiger partial charge in [0.2, 0.25) is 0 Å². The van der Waals surface area contributed by atoms with Gasteiger partial charge in [-0.15, -0.1) is 0 Å². The van der Waals surface area contributed by atoms with Crippen molar-refractivity contribution >= 4 is 0 Å². The van der Waals surface area contributed by atoms with E-state index in [2.05, 4.69) is 35.6 Å². The van der Waals surface area contributed by atoms with Crippen LogP contribution in [0.5, 0.6) is 0 Å². The minimum Gasteiger partial charge on any atom is -0.349 e. The SMILES string of the molecule is CCc1ccn2c1CN(CC)CC2. The lowest BCUT2D eigenvalue weighted by atomic mass is 10.1. The standard InChI is InChI=1S/C11H18N2/c1-3-10-5-6-13-8-7-12(4-2)9-11(10)13/h5-6H,3-4,7-9H2,1-2H3. The fourth-order valence-corrected chi connectivity index (χ4v) is 2.08. The lowest BCUT2D eigenvalue weighted by molar-refractivity contribution is 0.231. The molecule has 1 aliphatic rings. The Morgan fingerprint density at radius 2 is 2.15 bits per heavy atom. The van der Waals surface area contributed by atoms with Crippen LogP contribution in [0, 0.1) is 0 Å². The molecule has 0 fully saturated rings. The van der Waals surface area contributed by atoms with Crippen LogP contribution in [-0.4, -0.2) is 22.6 Å². The quantitative estimate of drug-likeness (QED) is 0.671. The highest BCUT2D eigenvalue weighted by molar-refractivity contribution is 5.23. The van der Waals surface area contributed by atoms with Crippen LogP contribution in [0.4, 0.5) is 0 Å². The van der Waals surface area contributed by atoms with E-state index in [4.69, 9.17) is 0 Å². The maximum Gasteiger partial charge on any atom is 0.0390 e. The Kier molecular flexibility index (Phi) is 2.40. The second-order valence-electron chi connectivity index (χ2n) is 3.70. The summed E-state index contributed by atoms with van der Waals surface area (Å²) in [7, 11) is 0. The lowest BCUT2D eigenvalue weighted by Crippen LogP contribution is -2.33. The molecule has 0 aliphatic carbocycles. The van der Waals surface area contributed by atoms with Gasteiger partial charge in [0.1, 0.15) is 0 Å². The number of hydrogen-bond acceptors (Lipinski definition) is 1. The fourth-order valence-electron chi connectivity index (χ4n) is 2.08. The summed E-state index contributed by atoms with van der Waals surface area (Å²) in [6.45, 7) is 9.18. The zero-order chi connectivity index (χ0) is 9.26. The molecule has 0 spiro atoms. The molecule has 72 valence electrons. The molecule has 0 unspecified atom stereocenters. The molecule has 0 saturated heterocycles. The van der Waals surface area contributed by atoms with E-state index in [9.17, 15) is 0 Å². The van der Waals surface area contributed by atoms with Gasteiger partial charge in [-0.05, 0) is 24.6 Å². The van der Waals surface area contributed by atoms with Crippen molar-refractivity contribution in [3.63, 3.8) is 0 Å². The maximum atomic E-state index is 2.51. The van der Waals surface area contributed by atoms with E-state index in [1.165, 1.54) is 37.3 Å². The summed E-state index contributed by atoms with van der Waals surface area (Å²) < 4.78 is 2.41. The van der Waals surface area contributed by atoms with E-state index in [1.807, 2.05) is 0 Å². The first kappa shape index (κ1) is 8.82. The zero-order valence-electron chi connectivity index (χ0n) is 8.58. The van der Waals surface area contributed by atoms with Crippen molar-refractivity contribution in [1.82, 2.24) is 9.47 Å². The number of rotatable bonds is 2. The van der Waals surface area contributed by atoms with Gasteiger partial charge in [0.05, 0.1) is 0 Å². The van der Waals surface area contributed by atoms with E-state index in [1.54, 1.807) is 0 Å². The Morgan fingerprint density at radius 1 is 1.31 bits per heavy atom. The molecular formula is C11H18N2. The number of fused-ring (bicyclic) bond motifs is 1. The van der Waals surface area contributed by atoms with E-state index >= 15 is 0 Å². The lowest BCUT2D eigenvalue weighted by Gasteiger charge is -2.28. The van der Waals surface area contributed by atoms with Gasteiger partial charge >= 0.3 is 0 Å².